The van der Waals surface area contributed by atoms with E-state index in [0.29, 0.717) is 17.8 Å². The van der Waals surface area contributed by atoms with E-state index in [2.05, 4.69) is 10.6 Å². The first-order chi connectivity index (χ1) is 11.4. The molecule has 0 radical (unpaired) electrons. The molecule has 1 aromatic carbocycles. The third kappa shape index (κ3) is 2.76. The van der Waals surface area contributed by atoms with Gasteiger partial charge >= 0.3 is 11.8 Å². The van der Waals surface area contributed by atoms with Gasteiger partial charge in [-0.25, -0.2) is 0 Å². The molecule has 128 valence electrons. The van der Waals surface area contributed by atoms with Crippen LogP contribution in [0.5, 0.6) is 5.75 Å². The van der Waals surface area contributed by atoms with E-state index in [4.69, 9.17) is 0 Å². The Kier molecular flexibility index (Phi) is 3.55. The van der Waals surface area contributed by atoms with Crippen molar-refractivity contribution >= 4 is 17.5 Å². The number of rotatable bonds is 2. The summed E-state index contributed by atoms with van der Waals surface area (Å²) in [6.07, 6.45) is 6.89. The first kappa shape index (κ1) is 15.5. The molecule has 4 fully saturated rings. The molecule has 5 heteroatoms. The number of nitrogens with one attached hydrogen (secondary N) is 2. The summed E-state index contributed by atoms with van der Waals surface area (Å²) in [7, 11) is 0. The molecule has 0 atom stereocenters. The van der Waals surface area contributed by atoms with Crippen molar-refractivity contribution in [2.75, 3.05) is 5.32 Å². The van der Waals surface area contributed by atoms with Crippen LogP contribution in [0.15, 0.2) is 18.2 Å². The van der Waals surface area contributed by atoms with Crippen molar-refractivity contribution in [2.24, 2.45) is 17.8 Å². The number of carbonyl (C=O) groups is 2. The number of aromatic hydroxyl groups is 1. The monoisotopic (exact) mass is 328 g/mol. The third-order valence-electron chi connectivity index (χ3n) is 6.02. The molecule has 3 N–H and O–H groups in total. The number of phenolic OH excluding ortho intramolecular Hbond substituents is 1. The predicted molar refractivity (Wildman–Crippen MR) is 90.5 cm³/mol. The van der Waals surface area contributed by atoms with Crippen LogP contribution < -0.4 is 10.6 Å². The quantitative estimate of drug-likeness (QED) is 0.577. The van der Waals surface area contributed by atoms with E-state index in [1.54, 1.807) is 12.1 Å². The highest BCUT2D eigenvalue weighted by atomic mass is 16.3. The minimum absolute atomic E-state index is 0.0310. The topological polar surface area (TPSA) is 78.4 Å². The van der Waals surface area contributed by atoms with Crippen LogP contribution in [-0.4, -0.2) is 22.5 Å². The number of amides is 2. The minimum Gasteiger partial charge on any atom is -0.506 e. The van der Waals surface area contributed by atoms with Crippen molar-refractivity contribution < 1.29 is 14.7 Å². The number of anilines is 1. The van der Waals surface area contributed by atoms with E-state index in [1.165, 1.54) is 25.3 Å². The summed E-state index contributed by atoms with van der Waals surface area (Å²) in [4.78, 5) is 24.7. The lowest BCUT2D eigenvalue weighted by molar-refractivity contribution is -0.139. The van der Waals surface area contributed by atoms with E-state index in [1.807, 2.05) is 6.92 Å². The summed E-state index contributed by atoms with van der Waals surface area (Å²) >= 11 is 0. The van der Waals surface area contributed by atoms with Crippen LogP contribution in [-0.2, 0) is 9.59 Å². The Morgan fingerprint density at radius 1 is 1.04 bits per heavy atom. The Balaban J connectivity index is 1.44. The second-order valence-corrected chi connectivity index (χ2v) is 8.13. The molecular weight excluding hydrogens is 304 g/mol. The largest absolute Gasteiger partial charge is 0.506 e. The van der Waals surface area contributed by atoms with E-state index >= 15 is 0 Å². The van der Waals surface area contributed by atoms with Crippen LogP contribution in [0.1, 0.15) is 44.1 Å². The summed E-state index contributed by atoms with van der Waals surface area (Å²) < 4.78 is 0. The molecule has 0 saturated heterocycles. The summed E-state index contributed by atoms with van der Waals surface area (Å²) in [5.74, 6) is 0.808. The Hall–Kier alpha value is -2.04. The number of carbonyl (C=O) groups excluding carboxylic acids is 2. The van der Waals surface area contributed by atoms with E-state index in [-0.39, 0.29) is 17.0 Å². The molecule has 0 aromatic heterocycles. The highest BCUT2D eigenvalue weighted by Crippen LogP contribution is 2.55. The summed E-state index contributed by atoms with van der Waals surface area (Å²) in [5.41, 5.74) is 1.00. The van der Waals surface area contributed by atoms with Crippen LogP contribution in [0.25, 0.3) is 0 Å². The van der Waals surface area contributed by atoms with Crippen LogP contribution in [0.2, 0.25) is 0 Å². The zero-order valence-electron chi connectivity index (χ0n) is 14.0. The fourth-order valence-electron chi connectivity index (χ4n) is 5.49. The first-order valence-corrected chi connectivity index (χ1v) is 8.85. The number of phenols is 1. The maximum Gasteiger partial charge on any atom is 0.313 e. The van der Waals surface area contributed by atoms with Crippen LogP contribution in [0.4, 0.5) is 5.69 Å². The number of aryl methyl sites for hydroxylation is 1. The zero-order chi connectivity index (χ0) is 16.9. The maximum absolute atomic E-state index is 12.4. The zero-order valence-corrected chi connectivity index (χ0v) is 14.0. The van der Waals surface area contributed by atoms with Crippen LogP contribution >= 0.6 is 0 Å². The predicted octanol–water partition coefficient (Wildman–Crippen LogP) is 2.72. The molecule has 4 saturated carbocycles. The Morgan fingerprint density at radius 3 is 2.21 bits per heavy atom. The highest BCUT2D eigenvalue weighted by Gasteiger charge is 2.51. The highest BCUT2D eigenvalue weighted by molar-refractivity contribution is 6.40. The Morgan fingerprint density at radius 2 is 1.62 bits per heavy atom. The summed E-state index contributed by atoms with van der Waals surface area (Å²) in [5, 5.41) is 15.4. The number of benzene rings is 1. The fourth-order valence-corrected chi connectivity index (χ4v) is 5.49. The van der Waals surface area contributed by atoms with Gasteiger partial charge in [0.15, 0.2) is 0 Å². The van der Waals surface area contributed by atoms with Gasteiger partial charge in [-0.2, -0.15) is 0 Å². The normalized spacial score (nSPS) is 33.3. The van der Waals surface area contributed by atoms with Crippen molar-refractivity contribution in [3.63, 3.8) is 0 Å². The molecule has 5 nitrogen and oxygen atoms in total. The van der Waals surface area contributed by atoms with Gasteiger partial charge in [0, 0.05) is 5.54 Å². The number of hydrogen-bond acceptors (Lipinski definition) is 3. The van der Waals surface area contributed by atoms with Crippen LogP contribution in [0.3, 0.4) is 0 Å². The molecule has 0 unspecified atom stereocenters. The Labute approximate surface area is 141 Å². The fraction of sp³-hybridized carbons (Fsp3) is 0.579. The Bertz CT molecular complexity index is 663. The third-order valence-corrected chi connectivity index (χ3v) is 6.02. The van der Waals surface area contributed by atoms with Crippen molar-refractivity contribution in [1.29, 1.82) is 0 Å². The summed E-state index contributed by atoms with van der Waals surface area (Å²) in [6.45, 7) is 1.87. The molecule has 2 amide bonds. The van der Waals surface area contributed by atoms with E-state index in [0.717, 1.165) is 24.8 Å². The molecular formula is C19H24N2O3. The molecule has 5 rings (SSSR count). The van der Waals surface area contributed by atoms with E-state index in [9.17, 15) is 14.7 Å². The molecule has 24 heavy (non-hydrogen) atoms. The molecule has 4 aliphatic rings. The van der Waals surface area contributed by atoms with Crippen molar-refractivity contribution in [2.45, 2.75) is 51.0 Å². The van der Waals surface area contributed by atoms with Gasteiger partial charge in [-0.15, -0.1) is 0 Å². The van der Waals surface area contributed by atoms with Gasteiger partial charge in [-0.1, -0.05) is 6.07 Å². The number of hydrogen-bond donors (Lipinski definition) is 3. The van der Waals surface area contributed by atoms with Gasteiger partial charge in [0.1, 0.15) is 5.75 Å². The van der Waals surface area contributed by atoms with Crippen molar-refractivity contribution in [3.05, 3.63) is 23.8 Å². The lowest BCUT2D eigenvalue weighted by Gasteiger charge is -2.56. The second-order valence-electron chi connectivity index (χ2n) is 8.13. The minimum atomic E-state index is -0.702. The van der Waals surface area contributed by atoms with E-state index < -0.39 is 11.8 Å². The van der Waals surface area contributed by atoms with Gasteiger partial charge in [0.25, 0.3) is 0 Å². The standard InChI is InChI=1S/C19H24N2O3/c1-11-2-3-16(22)15(4-11)20-17(23)18(24)21-19-8-12-5-13(9-19)7-14(6-12)10-19/h2-4,12-14,22H,5-10H2,1H3,(H,20,23)(H,21,24). The van der Waals surface area contributed by atoms with Gasteiger partial charge in [0.2, 0.25) is 0 Å². The lowest BCUT2D eigenvalue weighted by Crippen LogP contribution is -2.61. The van der Waals surface area contributed by atoms with Crippen molar-refractivity contribution in [3.8, 4) is 5.75 Å². The van der Waals surface area contributed by atoms with Gasteiger partial charge in [-0.05, 0) is 80.9 Å². The second kappa shape index (κ2) is 5.50. The van der Waals surface area contributed by atoms with Gasteiger partial charge < -0.3 is 15.7 Å². The smallest absolute Gasteiger partial charge is 0.313 e. The molecule has 1 aromatic rings. The SMILES string of the molecule is Cc1ccc(O)c(NC(=O)C(=O)NC23CC4CC(CC(C4)C2)C3)c1. The van der Waals surface area contributed by atoms with Gasteiger partial charge in [-0.3, -0.25) is 9.59 Å². The molecule has 4 aliphatic carbocycles. The molecule has 0 heterocycles. The first-order valence-electron chi connectivity index (χ1n) is 8.85. The average Bonchev–Trinajstić information content (AvgIpc) is 2.49. The lowest BCUT2D eigenvalue weighted by atomic mass is 9.53. The molecule has 0 aliphatic heterocycles. The average molecular weight is 328 g/mol. The maximum atomic E-state index is 12.4. The molecule has 0 spiro atoms. The molecule has 4 bridgehead atoms. The van der Waals surface area contributed by atoms with Crippen molar-refractivity contribution in [1.82, 2.24) is 5.32 Å². The van der Waals surface area contributed by atoms with Crippen LogP contribution in [0, 0.1) is 24.7 Å². The summed E-state index contributed by atoms with van der Waals surface area (Å²) in [6, 6.07) is 4.92. The van der Waals surface area contributed by atoms with Gasteiger partial charge in [0.05, 0.1) is 5.69 Å².